The van der Waals surface area contributed by atoms with Crippen LogP contribution in [-0.4, -0.2) is 103 Å². The zero-order chi connectivity index (χ0) is 33.1. The van der Waals surface area contributed by atoms with Gasteiger partial charge in [-0.2, -0.15) is 0 Å². The first-order chi connectivity index (χ1) is 20.6. The second-order valence-corrected chi connectivity index (χ2v) is 9.72. The molecule has 1 aromatic carbocycles. The average molecular weight is 621 g/mol. The summed E-state index contributed by atoms with van der Waals surface area (Å²) in [5, 5.41) is 45.5. The minimum atomic E-state index is -1.98. The Bertz CT molecular complexity index is 1440. The number of nitrogens with one attached hydrogen (secondary N) is 5. The van der Waals surface area contributed by atoms with E-state index in [9.17, 15) is 48.6 Å². The number of carbonyl (C=O) groups is 8. The molecular weight excluding hydrogens is 588 g/mol. The SMILES string of the molecule is C[C@H](NC(=O)[C@H](CC(=O)O)NC(=O)[C@H](CC(=O)O)NC(=O)[C@H](CC(=O)O)NC(=O)[C@@H](N)Cc1c[nH]c2ccccc12)C(=O)O. The molecule has 11 N–H and O–H groups in total. The lowest BCUT2D eigenvalue weighted by Gasteiger charge is -2.24. The summed E-state index contributed by atoms with van der Waals surface area (Å²) in [6.45, 7) is 1.07. The Morgan fingerprint density at radius 3 is 1.59 bits per heavy atom. The number of rotatable bonds is 17. The molecule has 44 heavy (non-hydrogen) atoms. The molecule has 0 aliphatic heterocycles. The van der Waals surface area contributed by atoms with E-state index in [-0.39, 0.29) is 6.42 Å². The summed E-state index contributed by atoms with van der Waals surface area (Å²) in [6.07, 6.45) is -1.50. The number of amides is 4. The first kappa shape index (κ1) is 34.7. The Morgan fingerprint density at radius 2 is 1.14 bits per heavy atom. The molecule has 0 saturated heterocycles. The third-order valence-corrected chi connectivity index (χ3v) is 6.22. The number of hydrogen-bond donors (Lipinski definition) is 10. The molecular formula is C26H32N6O12. The molecule has 2 aromatic rings. The van der Waals surface area contributed by atoms with E-state index < -0.39 is 97.0 Å². The van der Waals surface area contributed by atoms with Crippen LogP contribution >= 0.6 is 0 Å². The number of hydrogen-bond acceptors (Lipinski definition) is 9. The normalized spacial score (nSPS) is 14.2. The molecule has 4 amide bonds. The Balaban J connectivity index is 2.18. The molecule has 0 saturated carbocycles. The van der Waals surface area contributed by atoms with Gasteiger partial charge in [0.05, 0.1) is 25.3 Å². The number of fused-ring (bicyclic) bond motifs is 1. The van der Waals surface area contributed by atoms with Crippen LogP contribution in [0.4, 0.5) is 0 Å². The highest BCUT2D eigenvalue weighted by atomic mass is 16.4. The summed E-state index contributed by atoms with van der Waals surface area (Å²) in [4.78, 5) is 99.3. The van der Waals surface area contributed by atoms with E-state index in [4.69, 9.17) is 15.9 Å². The van der Waals surface area contributed by atoms with Crippen molar-refractivity contribution in [2.75, 3.05) is 0 Å². The molecule has 18 heteroatoms. The monoisotopic (exact) mass is 620 g/mol. The van der Waals surface area contributed by atoms with E-state index in [1.54, 1.807) is 30.5 Å². The van der Waals surface area contributed by atoms with Gasteiger partial charge < -0.3 is 52.4 Å². The van der Waals surface area contributed by atoms with Gasteiger partial charge >= 0.3 is 23.9 Å². The highest BCUT2D eigenvalue weighted by Gasteiger charge is 2.34. The molecule has 0 aliphatic carbocycles. The molecule has 238 valence electrons. The first-order valence-corrected chi connectivity index (χ1v) is 13.0. The molecule has 1 aromatic heterocycles. The van der Waals surface area contributed by atoms with Gasteiger partial charge in [0.25, 0.3) is 0 Å². The Labute approximate surface area is 248 Å². The van der Waals surface area contributed by atoms with Crippen LogP contribution in [0.3, 0.4) is 0 Å². The van der Waals surface area contributed by atoms with Crippen LogP contribution in [-0.2, 0) is 44.8 Å². The minimum Gasteiger partial charge on any atom is -0.481 e. The molecule has 0 aliphatic rings. The number of benzene rings is 1. The summed E-state index contributed by atoms with van der Waals surface area (Å²) in [5.41, 5.74) is 7.44. The maximum absolute atomic E-state index is 13.0. The van der Waals surface area contributed by atoms with Crippen LogP contribution in [0.1, 0.15) is 31.7 Å². The van der Waals surface area contributed by atoms with Gasteiger partial charge in [0.2, 0.25) is 23.6 Å². The summed E-state index contributed by atoms with van der Waals surface area (Å²) < 4.78 is 0. The zero-order valence-electron chi connectivity index (χ0n) is 23.2. The summed E-state index contributed by atoms with van der Waals surface area (Å²) in [6, 6.07) is -1.26. The van der Waals surface area contributed by atoms with Gasteiger partial charge in [-0.3, -0.25) is 38.4 Å². The van der Waals surface area contributed by atoms with E-state index in [0.29, 0.717) is 5.56 Å². The van der Waals surface area contributed by atoms with Crippen LogP contribution in [0.5, 0.6) is 0 Å². The Kier molecular flexibility index (Phi) is 12.3. The maximum atomic E-state index is 13.0. The molecule has 2 rings (SSSR count). The fourth-order valence-electron chi connectivity index (χ4n) is 3.98. The third kappa shape index (κ3) is 10.4. The Hall–Kier alpha value is -5.52. The molecule has 0 spiro atoms. The highest BCUT2D eigenvalue weighted by Crippen LogP contribution is 2.18. The molecule has 1 heterocycles. The van der Waals surface area contributed by atoms with Gasteiger partial charge in [0, 0.05) is 17.1 Å². The number of aromatic nitrogens is 1. The Morgan fingerprint density at radius 1 is 0.705 bits per heavy atom. The van der Waals surface area contributed by atoms with Gasteiger partial charge in [0.1, 0.15) is 24.2 Å². The standard InChI is InChI=1S/C26H32N6O12/c1-11(26(43)44)29-23(40)16(7-19(33)34)31-25(42)18(9-21(37)38)32-24(41)17(8-20(35)36)30-22(39)14(27)6-12-10-28-15-5-3-2-4-13(12)15/h2-5,10-11,14,16-18,28H,6-9,27H2,1H3,(H,29,40)(H,30,39)(H,31,42)(H,32,41)(H,33,34)(H,35,36)(H,37,38)(H,43,44)/t11-,14-,16-,17-,18-/m0/s1. The third-order valence-electron chi connectivity index (χ3n) is 6.22. The van der Waals surface area contributed by atoms with E-state index in [0.717, 1.165) is 17.8 Å². The van der Waals surface area contributed by atoms with Crippen molar-refractivity contribution in [1.29, 1.82) is 0 Å². The number of carboxylic acids is 4. The van der Waals surface area contributed by atoms with Crippen LogP contribution in [0, 0.1) is 0 Å². The number of aliphatic carboxylic acids is 4. The van der Waals surface area contributed by atoms with Crippen LogP contribution in [0.2, 0.25) is 0 Å². The fourth-order valence-corrected chi connectivity index (χ4v) is 3.98. The molecule has 18 nitrogen and oxygen atoms in total. The number of H-pyrrole nitrogens is 1. The maximum Gasteiger partial charge on any atom is 0.325 e. The van der Waals surface area contributed by atoms with E-state index >= 15 is 0 Å². The van der Waals surface area contributed by atoms with Crippen molar-refractivity contribution in [3.63, 3.8) is 0 Å². The first-order valence-electron chi connectivity index (χ1n) is 13.0. The van der Waals surface area contributed by atoms with Crippen molar-refractivity contribution < 1.29 is 58.8 Å². The van der Waals surface area contributed by atoms with Crippen molar-refractivity contribution in [2.24, 2.45) is 5.73 Å². The topological polar surface area (TPSA) is 307 Å². The molecule has 0 unspecified atom stereocenters. The van der Waals surface area contributed by atoms with Crippen molar-refractivity contribution >= 4 is 58.4 Å². The number of carbonyl (C=O) groups excluding carboxylic acids is 4. The van der Waals surface area contributed by atoms with Gasteiger partial charge in [-0.25, -0.2) is 0 Å². The number of nitrogens with two attached hydrogens (primary N) is 1. The molecule has 0 fully saturated rings. The van der Waals surface area contributed by atoms with E-state index in [1.165, 1.54) is 0 Å². The van der Waals surface area contributed by atoms with Crippen LogP contribution < -0.4 is 27.0 Å². The largest absolute Gasteiger partial charge is 0.481 e. The summed E-state index contributed by atoms with van der Waals surface area (Å²) >= 11 is 0. The van der Waals surface area contributed by atoms with Crippen molar-refractivity contribution in [2.45, 2.75) is 62.8 Å². The van der Waals surface area contributed by atoms with Gasteiger partial charge in [0.15, 0.2) is 0 Å². The lowest BCUT2D eigenvalue weighted by Crippen LogP contribution is -2.59. The predicted octanol–water partition coefficient (Wildman–Crippen LogP) is -2.49. The van der Waals surface area contributed by atoms with Gasteiger partial charge in [-0.05, 0) is 25.0 Å². The minimum absolute atomic E-state index is 0.00513. The van der Waals surface area contributed by atoms with E-state index in [1.807, 2.05) is 16.0 Å². The van der Waals surface area contributed by atoms with Crippen molar-refractivity contribution in [3.05, 3.63) is 36.0 Å². The average Bonchev–Trinajstić information content (AvgIpc) is 3.33. The number of para-hydroxylation sites is 1. The molecule has 0 radical (unpaired) electrons. The van der Waals surface area contributed by atoms with Gasteiger partial charge in [-0.15, -0.1) is 0 Å². The number of carboxylic acid groups (broad SMARTS) is 4. The fraction of sp³-hybridized carbons (Fsp3) is 0.385. The smallest absolute Gasteiger partial charge is 0.325 e. The van der Waals surface area contributed by atoms with E-state index in [2.05, 4.69) is 10.3 Å². The lowest BCUT2D eigenvalue weighted by molar-refractivity contribution is -0.145. The molecule has 0 bridgehead atoms. The molecule has 5 atom stereocenters. The second kappa shape index (κ2) is 15.6. The van der Waals surface area contributed by atoms with Crippen LogP contribution in [0.15, 0.2) is 30.5 Å². The predicted molar refractivity (Wildman–Crippen MR) is 148 cm³/mol. The van der Waals surface area contributed by atoms with Crippen molar-refractivity contribution in [3.8, 4) is 0 Å². The summed E-state index contributed by atoms with van der Waals surface area (Å²) in [5.74, 6) is -11.0. The lowest BCUT2D eigenvalue weighted by atomic mass is 10.0. The quantitative estimate of drug-likeness (QED) is 0.0876. The number of aromatic amines is 1. The van der Waals surface area contributed by atoms with Crippen molar-refractivity contribution in [1.82, 2.24) is 26.3 Å². The zero-order valence-corrected chi connectivity index (χ0v) is 23.2. The van der Waals surface area contributed by atoms with Crippen LogP contribution in [0.25, 0.3) is 10.9 Å². The highest BCUT2D eigenvalue weighted by molar-refractivity contribution is 5.98. The van der Waals surface area contributed by atoms with Gasteiger partial charge in [-0.1, -0.05) is 18.2 Å². The summed E-state index contributed by atoms with van der Waals surface area (Å²) in [7, 11) is 0. The second-order valence-electron chi connectivity index (χ2n) is 9.72.